The molecule has 0 amide bonds. The monoisotopic (exact) mass is 234 g/mol. The Morgan fingerprint density at radius 1 is 1.50 bits per heavy atom. The Bertz CT molecular complexity index is 368. The molecule has 16 heavy (non-hydrogen) atoms. The zero-order valence-corrected chi connectivity index (χ0v) is 8.36. The Morgan fingerprint density at radius 3 is 2.69 bits per heavy atom. The SMILES string of the molecule is Cc1cc(C(COC=O)C(F)(F)F)ncn1. The van der Waals surface area contributed by atoms with Crippen LogP contribution >= 0.6 is 0 Å². The molecule has 0 fully saturated rings. The molecule has 1 heterocycles. The lowest BCUT2D eigenvalue weighted by Gasteiger charge is -2.18. The van der Waals surface area contributed by atoms with Crippen LogP contribution in [0.3, 0.4) is 0 Å². The van der Waals surface area contributed by atoms with Gasteiger partial charge < -0.3 is 4.74 Å². The number of aryl methyl sites for hydroxylation is 1. The van der Waals surface area contributed by atoms with Gasteiger partial charge in [-0.3, -0.25) is 4.79 Å². The average Bonchev–Trinajstić information content (AvgIpc) is 2.16. The molecule has 0 aliphatic heterocycles. The standard InChI is InChI=1S/C9H9F3N2O2/c1-6-2-8(14-4-13-6)7(3-16-5-15)9(10,11)12/h2,4-5,7H,3H2,1H3. The van der Waals surface area contributed by atoms with Gasteiger partial charge in [0.1, 0.15) is 18.9 Å². The molecule has 0 bridgehead atoms. The van der Waals surface area contributed by atoms with Crippen LogP contribution in [-0.2, 0) is 9.53 Å². The van der Waals surface area contributed by atoms with Crippen LogP contribution in [-0.4, -0.2) is 29.2 Å². The van der Waals surface area contributed by atoms with Crippen molar-refractivity contribution in [3.05, 3.63) is 23.8 Å². The molecule has 7 heteroatoms. The summed E-state index contributed by atoms with van der Waals surface area (Å²) >= 11 is 0. The van der Waals surface area contributed by atoms with Crippen molar-refractivity contribution in [2.24, 2.45) is 0 Å². The van der Waals surface area contributed by atoms with E-state index >= 15 is 0 Å². The highest BCUT2D eigenvalue weighted by atomic mass is 19.4. The average molecular weight is 234 g/mol. The van der Waals surface area contributed by atoms with E-state index in [4.69, 9.17) is 0 Å². The minimum absolute atomic E-state index is 0.0210. The number of alkyl halides is 3. The lowest BCUT2D eigenvalue weighted by atomic mass is 10.1. The summed E-state index contributed by atoms with van der Waals surface area (Å²) in [5.74, 6) is -1.92. The lowest BCUT2D eigenvalue weighted by molar-refractivity contribution is -0.165. The van der Waals surface area contributed by atoms with E-state index in [1.54, 1.807) is 6.92 Å². The summed E-state index contributed by atoms with van der Waals surface area (Å²) in [7, 11) is 0. The van der Waals surface area contributed by atoms with Crippen molar-refractivity contribution in [3.8, 4) is 0 Å². The topological polar surface area (TPSA) is 52.1 Å². The number of nitrogens with zero attached hydrogens (tertiary/aromatic N) is 2. The fraction of sp³-hybridized carbons (Fsp3) is 0.444. The third-order valence-corrected chi connectivity index (χ3v) is 1.91. The van der Waals surface area contributed by atoms with Crippen LogP contribution in [0.15, 0.2) is 12.4 Å². The van der Waals surface area contributed by atoms with Gasteiger partial charge in [-0.2, -0.15) is 13.2 Å². The highest BCUT2D eigenvalue weighted by molar-refractivity contribution is 5.37. The highest BCUT2D eigenvalue weighted by Gasteiger charge is 2.42. The molecule has 0 aromatic carbocycles. The van der Waals surface area contributed by atoms with Gasteiger partial charge in [-0.15, -0.1) is 0 Å². The molecule has 0 aliphatic rings. The molecule has 0 saturated carbocycles. The summed E-state index contributed by atoms with van der Waals surface area (Å²) < 4.78 is 42.0. The van der Waals surface area contributed by atoms with Crippen molar-refractivity contribution in [3.63, 3.8) is 0 Å². The first kappa shape index (κ1) is 12.4. The number of carbonyl (C=O) groups is 1. The predicted molar refractivity (Wildman–Crippen MR) is 47.6 cm³/mol. The molecular formula is C9H9F3N2O2. The summed E-state index contributed by atoms with van der Waals surface area (Å²) in [6.45, 7) is 0.759. The molecule has 0 saturated heterocycles. The van der Waals surface area contributed by atoms with Crippen molar-refractivity contribution in [2.75, 3.05) is 6.61 Å². The van der Waals surface area contributed by atoms with Gasteiger partial charge in [-0.25, -0.2) is 9.97 Å². The van der Waals surface area contributed by atoms with Crippen LogP contribution in [0, 0.1) is 6.92 Å². The van der Waals surface area contributed by atoms with Crippen LogP contribution in [0.1, 0.15) is 17.3 Å². The highest BCUT2D eigenvalue weighted by Crippen LogP contribution is 2.33. The maximum atomic E-state index is 12.6. The minimum Gasteiger partial charge on any atom is -0.467 e. The quantitative estimate of drug-likeness (QED) is 0.742. The first-order valence-electron chi connectivity index (χ1n) is 4.35. The fourth-order valence-corrected chi connectivity index (χ4v) is 1.15. The number of hydrogen-bond donors (Lipinski definition) is 0. The third-order valence-electron chi connectivity index (χ3n) is 1.91. The van der Waals surface area contributed by atoms with Gasteiger partial charge in [0.05, 0.1) is 5.69 Å². The summed E-state index contributed by atoms with van der Waals surface area (Å²) in [6, 6.07) is 1.21. The number of rotatable bonds is 4. The maximum Gasteiger partial charge on any atom is 0.400 e. The van der Waals surface area contributed by atoms with Gasteiger partial charge in [0.2, 0.25) is 0 Å². The molecule has 1 unspecified atom stereocenters. The lowest BCUT2D eigenvalue weighted by Crippen LogP contribution is -2.26. The van der Waals surface area contributed by atoms with E-state index in [1.807, 2.05) is 0 Å². The first-order chi connectivity index (χ1) is 7.45. The van der Waals surface area contributed by atoms with E-state index in [9.17, 15) is 18.0 Å². The molecule has 0 spiro atoms. The zero-order valence-electron chi connectivity index (χ0n) is 8.36. The molecule has 88 valence electrons. The summed E-state index contributed by atoms with van der Waals surface area (Å²) in [5.41, 5.74) is 0.215. The van der Waals surface area contributed by atoms with Crippen LogP contribution < -0.4 is 0 Å². The Balaban J connectivity index is 2.96. The largest absolute Gasteiger partial charge is 0.467 e. The molecule has 0 aliphatic carbocycles. The van der Waals surface area contributed by atoms with Crippen molar-refractivity contribution in [2.45, 2.75) is 19.0 Å². The van der Waals surface area contributed by atoms with Crippen LogP contribution in [0.2, 0.25) is 0 Å². The van der Waals surface area contributed by atoms with E-state index in [-0.39, 0.29) is 12.2 Å². The molecular weight excluding hydrogens is 225 g/mol. The summed E-state index contributed by atoms with van der Waals surface area (Å²) in [5, 5.41) is 0. The van der Waals surface area contributed by atoms with Crippen molar-refractivity contribution in [1.82, 2.24) is 9.97 Å². The Labute approximate surface area is 89.5 Å². The molecule has 0 radical (unpaired) electrons. The zero-order chi connectivity index (χ0) is 12.2. The normalized spacial score (nSPS) is 13.2. The van der Waals surface area contributed by atoms with Crippen molar-refractivity contribution >= 4 is 6.47 Å². The van der Waals surface area contributed by atoms with Gasteiger partial charge in [0.25, 0.3) is 6.47 Å². The third kappa shape index (κ3) is 3.18. The fourth-order valence-electron chi connectivity index (χ4n) is 1.15. The Hall–Kier alpha value is -1.66. The predicted octanol–water partition coefficient (Wildman–Crippen LogP) is 1.60. The van der Waals surface area contributed by atoms with Gasteiger partial charge in [-0.05, 0) is 13.0 Å². The second-order valence-corrected chi connectivity index (χ2v) is 3.11. The Morgan fingerprint density at radius 2 is 2.19 bits per heavy atom. The molecule has 0 N–H and O–H groups in total. The molecule has 4 nitrogen and oxygen atoms in total. The number of ether oxygens (including phenoxy) is 1. The second kappa shape index (κ2) is 4.91. The first-order valence-corrected chi connectivity index (χ1v) is 4.35. The number of halogens is 3. The minimum atomic E-state index is -4.51. The van der Waals surface area contributed by atoms with Crippen LogP contribution in [0.25, 0.3) is 0 Å². The smallest absolute Gasteiger partial charge is 0.400 e. The van der Waals surface area contributed by atoms with E-state index in [0.29, 0.717) is 5.69 Å². The van der Waals surface area contributed by atoms with Crippen molar-refractivity contribution in [1.29, 1.82) is 0 Å². The van der Waals surface area contributed by atoms with Crippen LogP contribution in [0.4, 0.5) is 13.2 Å². The van der Waals surface area contributed by atoms with E-state index in [0.717, 1.165) is 6.33 Å². The number of carbonyl (C=O) groups excluding carboxylic acids is 1. The molecule has 1 aromatic heterocycles. The molecule has 1 rings (SSSR count). The van der Waals surface area contributed by atoms with Crippen LogP contribution in [0.5, 0.6) is 0 Å². The van der Waals surface area contributed by atoms with Gasteiger partial charge in [-0.1, -0.05) is 0 Å². The second-order valence-electron chi connectivity index (χ2n) is 3.11. The number of hydrogen-bond acceptors (Lipinski definition) is 4. The maximum absolute atomic E-state index is 12.6. The Kier molecular flexibility index (Phi) is 3.81. The summed E-state index contributed by atoms with van der Waals surface area (Å²) in [4.78, 5) is 17.1. The van der Waals surface area contributed by atoms with E-state index in [2.05, 4.69) is 14.7 Å². The van der Waals surface area contributed by atoms with E-state index < -0.39 is 18.7 Å². The van der Waals surface area contributed by atoms with E-state index in [1.165, 1.54) is 6.07 Å². The molecule has 1 aromatic rings. The molecule has 1 atom stereocenters. The van der Waals surface area contributed by atoms with Gasteiger partial charge >= 0.3 is 6.18 Å². The van der Waals surface area contributed by atoms with Crippen molar-refractivity contribution < 1.29 is 22.7 Å². The van der Waals surface area contributed by atoms with Gasteiger partial charge in [0, 0.05) is 5.69 Å². The summed E-state index contributed by atoms with van der Waals surface area (Å²) in [6.07, 6.45) is -3.46. The number of aromatic nitrogens is 2. The van der Waals surface area contributed by atoms with Gasteiger partial charge in [0.15, 0.2) is 0 Å².